The van der Waals surface area contributed by atoms with E-state index in [-0.39, 0.29) is 0 Å². The monoisotopic (exact) mass is 189 g/mol. The van der Waals surface area contributed by atoms with Crippen molar-refractivity contribution in [1.82, 2.24) is 0 Å². The van der Waals surface area contributed by atoms with Crippen molar-refractivity contribution < 1.29 is 4.74 Å². The van der Waals surface area contributed by atoms with Gasteiger partial charge in [-0.3, -0.25) is 0 Å². The van der Waals surface area contributed by atoms with Gasteiger partial charge in [-0.25, -0.2) is 0 Å². The van der Waals surface area contributed by atoms with Crippen molar-refractivity contribution in [3.05, 3.63) is 0 Å². The minimum atomic E-state index is 0.411. The van der Waals surface area contributed by atoms with E-state index in [2.05, 4.69) is 11.8 Å². The molecule has 2 nitrogen and oxygen atoms in total. The van der Waals surface area contributed by atoms with Crippen molar-refractivity contribution >= 4 is 11.8 Å². The predicted molar refractivity (Wildman–Crippen MR) is 54.5 cm³/mol. The highest BCUT2D eigenvalue weighted by Crippen LogP contribution is 2.37. The van der Waals surface area contributed by atoms with Crippen LogP contribution < -0.4 is 5.73 Å². The number of nitrogens with two attached hydrogens (primary N) is 1. The van der Waals surface area contributed by atoms with E-state index in [0.29, 0.717) is 5.41 Å². The summed E-state index contributed by atoms with van der Waals surface area (Å²) in [4.78, 5) is 0. The minimum Gasteiger partial charge on any atom is -0.384 e. The summed E-state index contributed by atoms with van der Waals surface area (Å²) >= 11 is 2.05. The highest BCUT2D eigenvalue weighted by atomic mass is 32.2. The average molecular weight is 189 g/mol. The van der Waals surface area contributed by atoms with Crippen LogP contribution in [0.2, 0.25) is 0 Å². The van der Waals surface area contributed by atoms with E-state index in [4.69, 9.17) is 10.5 Å². The zero-order valence-electron chi connectivity index (χ0n) is 7.84. The maximum absolute atomic E-state index is 5.61. The van der Waals surface area contributed by atoms with Crippen molar-refractivity contribution in [3.8, 4) is 0 Å². The second-order valence-electron chi connectivity index (χ2n) is 3.58. The largest absolute Gasteiger partial charge is 0.384 e. The summed E-state index contributed by atoms with van der Waals surface area (Å²) < 4.78 is 5.27. The van der Waals surface area contributed by atoms with Crippen molar-refractivity contribution in [2.24, 2.45) is 11.1 Å². The number of hydrogen-bond donors (Lipinski definition) is 1. The second kappa shape index (κ2) is 5.10. The van der Waals surface area contributed by atoms with Gasteiger partial charge in [0.1, 0.15) is 0 Å². The highest BCUT2D eigenvalue weighted by Gasteiger charge is 2.31. The number of hydrogen-bond acceptors (Lipinski definition) is 3. The van der Waals surface area contributed by atoms with Gasteiger partial charge in [-0.1, -0.05) is 0 Å². The lowest BCUT2D eigenvalue weighted by molar-refractivity contribution is 0.0669. The molecule has 0 aromatic rings. The van der Waals surface area contributed by atoms with Crippen LogP contribution in [0.25, 0.3) is 0 Å². The maximum atomic E-state index is 5.61. The van der Waals surface area contributed by atoms with Gasteiger partial charge in [-0.2, -0.15) is 11.8 Å². The Morgan fingerprint density at radius 3 is 2.58 bits per heavy atom. The molecule has 72 valence electrons. The van der Waals surface area contributed by atoms with Gasteiger partial charge in [-0.05, 0) is 42.7 Å². The molecule has 0 amide bonds. The topological polar surface area (TPSA) is 35.2 Å². The first-order valence-electron chi connectivity index (χ1n) is 4.60. The SMILES string of the molecule is COCC1(CCN)CCSCC1. The Morgan fingerprint density at radius 2 is 2.08 bits per heavy atom. The molecule has 0 saturated carbocycles. The Labute approximate surface area is 79.2 Å². The van der Waals surface area contributed by atoms with E-state index in [0.717, 1.165) is 19.6 Å². The second-order valence-corrected chi connectivity index (χ2v) is 4.81. The van der Waals surface area contributed by atoms with Gasteiger partial charge >= 0.3 is 0 Å². The van der Waals surface area contributed by atoms with Gasteiger partial charge < -0.3 is 10.5 Å². The van der Waals surface area contributed by atoms with Crippen molar-refractivity contribution in [2.75, 3.05) is 31.8 Å². The summed E-state index contributed by atoms with van der Waals surface area (Å²) in [7, 11) is 1.79. The molecule has 0 aliphatic carbocycles. The lowest BCUT2D eigenvalue weighted by atomic mass is 9.79. The molecule has 0 atom stereocenters. The summed E-state index contributed by atoms with van der Waals surface area (Å²) in [5, 5.41) is 0. The van der Waals surface area contributed by atoms with Crippen molar-refractivity contribution in [1.29, 1.82) is 0 Å². The Bertz CT molecular complexity index is 108. The standard InChI is InChI=1S/C9H19NOS/c1-11-8-9(2-5-10)3-6-12-7-4-9/h2-8,10H2,1H3. The van der Waals surface area contributed by atoms with Gasteiger partial charge in [0.25, 0.3) is 0 Å². The van der Waals surface area contributed by atoms with Crippen LogP contribution in [0.15, 0.2) is 0 Å². The summed E-state index contributed by atoms with van der Waals surface area (Å²) in [6, 6.07) is 0. The molecule has 1 aliphatic rings. The zero-order chi connectivity index (χ0) is 8.86. The molecular weight excluding hydrogens is 170 g/mol. The average Bonchev–Trinajstić information content (AvgIpc) is 2.07. The van der Waals surface area contributed by atoms with Crippen molar-refractivity contribution in [3.63, 3.8) is 0 Å². The van der Waals surface area contributed by atoms with Gasteiger partial charge in [-0.15, -0.1) is 0 Å². The van der Waals surface area contributed by atoms with Crippen LogP contribution in [0.5, 0.6) is 0 Å². The lowest BCUT2D eigenvalue weighted by Gasteiger charge is -2.36. The normalized spacial score (nSPS) is 22.5. The van der Waals surface area contributed by atoms with E-state index in [9.17, 15) is 0 Å². The summed E-state index contributed by atoms with van der Waals surface area (Å²) in [5.41, 5.74) is 6.02. The van der Waals surface area contributed by atoms with Crippen LogP contribution >= 0.6 is 11.8 Å². The smallest absolute Gasteiger partial charge is 0.0519 e. The fourth-order valence-corrected chi connectivity index (χ4v) is 3.24. The Kier molecular flexibility index (Phi) is 4.40. The van der Waals surface area contributed by atoms with E-state index in [1.54, 1.807) is 7.11 Å². The molecule has 0 bridgehead atoms. The van der Waals surface area contributed by atoms with Gasteiger partial charge in [0.15, 0.2) is 0 Å². The Balaban J connectivity index is 2.44. The first-order valence-corrected chi connectivity index (χ1v) is 5.75. The minimum absolute atomic E-state index is 0.411. The molecule has 1 rings (SSSR count). The van der Waals surface area contributed by atoms with Gasteiger partial charge in [0.2, 0.25) is 0 Å². The third-order valence-electron chi connectivity index (χ3n) is 2.68. The highest BCUT2D eigenvalue weighted by molar-refractivity contribution is 7.99. The van der Waals surface area contributed by atoms with Crippen LogP contribution in [0, 0.1) is 5.41 Å². The maximum Gasteiger partial charge on any atom is 0.0519 e. The molecule has 0 aromatic heterocycles. The van der Waals surface area contributed by atoms with E-state index in [1.165, 1.54) is 24.3 Å². The van der Waals surface area contributed by atoms with Crippen LogP contribution in [0.1, 0.15) is 19.3 Å². The van der Waals surface area contributed by atoms with Crippen LogP contribution in [0.4, 0.5) is 0 Å². The van der Waals surface area contributed by atoms with Gasteiger partial charge in [0.05, 0.1) is 6.61 Å². The van der Waals surface area contributed by atoms with Crippen molar-refractivity contribution in [2.45, 2.75) is 19.3 Å². The fourth-order valence-electron chi connectivity index (χ4n) is 1.88. The molecule has 3 heteroatoms. The molecule has 1 fully saturated rings. The lowest BCUT2D eigenvalue weighted by Crippen LogP contribution is -2.33. The molecule has 0 radical (unpaired) electrons. The first-order chi connectivity index (χ1) is 5.83. The molecule has 0 spiro atoms. The number of thioether (sulfide) groups is 1. The molecule has 1 saturated heterocycles. The van der Waals surface area contributed by atoms with E-state index in [1.807, 2.05) is 0 Å². The Morgan fingerprint density at radius 1 is 1.42 bits per heavy atom. The third-order valence-corrected chi connectivity index (χ3v) is 3.66. The number of rotatable bonds is 4. The summed E-state index contributed by atoms with van der Waals surface area (Å²) in [5.74, 6) is 2.56. The van der Waals surface area contributed by atoms with E-state index < -0.39 is 0 Å². The predicted octanol–water partition coefficient (Wildman–Crippen LogP) is 1.50. The number of methoxy groups -OCH3 is 1. The zero-order valence-corrected chi connectivity index (χ0v) is 8.66. The first kappa shape index (κ1) is 10.4. The molecular formula is C9H19NOS. The van der Waals surface area contributed by atoms with E-state index >= 15 is 0 Å². The Hall–Kier alpha value is 0.270. The molecule has 1 aliphatic heterocycles. The molecule has 0 aromatic carbocycles. The summed E-state index contributed by atoms with van der Waals surface area (Å²) in [6.07, 6.45) is 3.69. The number of ether oxygens (including phenoxy) is 1. The molecule has 2 N–H and O–H groups in total. The third kappa shape index (κ3) is 2.64. The van der Waals surface area contributed by atoms with Gasteiger partial charge in [0, 0.05) is 7.11 Å². The van der Waals surface area contributed by atoms with Crippen LogP contribution in [-0.4, -0.2) is 31.8 Å². The van der Waals surface area contributed by atoms with Crippen LogP contribution in [0.3, 0.4) is 0 Å². The quantitative estimate of drug-likeness (QED) is 0.728. The summed E-state index contributed by atoms with van der Waals surface area (Å²) in [6.45, 7) is 1.69. The van der Waals surface area contributed by atoms with Crippen LogP contribution in [-0.2, 0) is 4.74 Å². The molecule has 1 heterocycles. The fraction of sp³-hybridized carbons (Fsp3) is 1.00. The molecule has 12 heavy (non-hydrogen) atoms. The molecule has 0 unspecified atom stereocenters.